The molecule has 8 heteroatoms. The molecule has 0 unspecified atom stereocenters. The molecule has 4 rings (SSSR count). The van der Waals surface area contributed by atoms with E-state index >= 15 is 0 Å². The maximum Gasteiger partial charge on any atom is 0.267 e. The number of rotatable bonds is 2. The van der Waals surface area contributed by atoms with Crippen molar-refractivity contribution in [3.8, 4) is 6.07 Å². The topological polar surface area (TPSA) is 81.5 Å². The molecule has 2 aliphatic rings. The van der Waals surface area contributed by atoms with E-state index in [1.807, 2.05) is 0 Å². The van der Waals surface area contributed by atoms with Gasteiger partial charge in [-0.25, -0.2) is 8.42 Å². The van der Waals surface area contributed by atoms with Crippen LogP contribution in [0.15, 0.2) is 58.5 Å². The SMILES string of the molecule is CC1CCN(C(=O)C2=CN(c3cccc(C#N)c3)c3cc(Cl)ccc3S2(=O)=O)CC1. The summed E-state index contributed by atoms with van der Waals surface area (Å²) in [6.07, 6.45) is 3.04. The largest absolute Gasteiger partial charge is 0.338 e. The number of amides is 1. The summed E-state index contributed by atoms with van der Waals surface area (Å²) in [7, 11) is -4.01. The first-order valence-electron chi connectivity index (χ1n) is 9.66. The monoisotopic (exact) mass is 441 g/mol. The van der Waals surface area contributed by atoms with Gasteiger partial charge < -0.3 is 9.80 Å². The smallest absolute Gasteiger partial charge is 0.267 e. The number of hydrogen-bond donors (Lipinski definition) is 0. The molecule has 0 radical (unpaired) electrons. The number of benzene rings is 2. The van der Waals surface area contributed by atoms with Crippen LogP contribution in [0.5, 0.6) is 0 Å². The maximum absolute atomic E-state index is 13.3. The summed E-state index contributed by atoms with van der Waals surface area (Å²) in [4.78, 5) is 16.2. The third kappa shape index (κ3) is 3.57. The molecular formula is C22H20ClN3O3S. The number of halogens is 1. The second-order valence-corrected chi connectivity index (χ2v) is 9.94. The predicted octanol–water partition coefficient (Wildman–Crippen LogP) is 4.24. The maximum atomic E-state index is 13.3. The average Bonchev–Trinajstić information content (AvgIpc) is 2.73. The van der Waals surface area contributed by atoms with E-state index in [4.69, 9.17) is 11.6 Å². The van der Waals surface area contributed by atoms with E-state index in [2.05, 4.69) is 13.0 Å². The lowest BCUT2D eigenvalue weighted by atomic mass is 9.99. The van der Waals surface area contributed by atoms with E-state index in [-0.39, 0.29) is 9.80 Å². The molecule has 1 fully saturated rings. The first kappa shape index (κ1) is 20.5. The Morgan fingerprint density at radius 3 is 2.60 bits per heavy atom. The van der Waals surface area contributed by atoms with E-state index in [0.29, 0.717) is 41.0 Å². The van der Waals surface area contributed by atoms with E-state index in [0.717, 1.165) is 12.8 Å². The number of nitrogens with zero attached hydrogens (tertiary/aromatic N) is 3. The van der Waals surface area contributed by atoms with Crippen LogP contribution in [0.4, 0.5) is 11.4 Å². The molecule has 1 amide bonds. The first-order valence-corrected chi connectivity index (χ1v) is 11.5. The number of fused-ring (bicyclic) bond motifs is 1. The van der Waals surface area contributed by atoms with Crippen LogP contribution >= 0.6 is 11.6 Å². The average molecular weight is 442 g/mol. The van der Waals surface area contributed by atoms with Gasteiger partial charge >= 0.3 is 0 Å². The number of likely N-dealkylation sites (tertiary alicyclic amines) is 1. The Morgan fingerprint density at radius 2 is 1.90 bits per heavy atom. The fraction of sp³-hybridized carbons (Fsp3) is 0.273. The summed E-state index contributed by atoms with van der Waals surface area (Å²) in [5, 5.41) is 9.63. The van der Waals surface area contributed by atoms with E-state index in [1.165, 1.54) is 18.3 Å². The summed E-state index contributed by atoms with van der Waals surface area (Å²) in [5.41, 5.74) is 1.35. The van der Waals surface area contributed by atoms with Gasteiger partial charge in [0.05, 0.1) is 22.2 Å². The second-order valence-electron chi connectivity index (χ2n) is 7.62. The van der Waals surface area contributed by atoms with Crippen LogP contribution in [-0.2, 0) is 14.6 Å². The Hall–Kier alpha value is -2.82. The molecule has 1 saturated heterocycles. The Kier molecular flexibility index (Phi) is 5.31. The van der Waals surface area contributed by atoms with E-state index in [1.54, 1.807) is 40.1 Å². The van der Waals surface area contributed by atoms with Crippen molar-refractivity contribution in [2.24, 2.45) is 5.92 Å². The number of anilines is 2. The summed E-state index contributed by atoms with van der Waals surface area (Å²) < 4.78 is 26.7. The molecule has 30 heavy (non-hydrogen) atoms. The van der Waals surface area contributed by atoms with E-state index < -0.39 is 15.7 Å². The molecule has 2 aromatic rings. The third-order valence-corrected chi connectivity index (χ3v) is 7.56. The number of piperidine rings is 1. The van der Waals surface area contributed by atoms with Crippen LogP contribution in [0.1, 0.15) is 25.3 Å². The quantitative estimate of drug-likeness (QED) is 0.696. The highest BCUT2D eigenvalue weighted by molar-refractivity contribution is 7.96. The number of sulfone groups is 1. The first-order chi connectivity index (χ1) is 14.3. The summed E-state index contributed by atoms with van der Waals surface area (Å²) in [5.74, 6) is 0.0167. The van der Waals surface area contributed by atoms with Crippen LogP contribution in [0.2, 0.25) is 5.02 Å². The fourth-order valence-electron chi connectivity index (χ4n) is 3.76. The van der Waals surface area contributed by atoms with Crippen molar-refractivity contribution in [3.63, 3.8) is 0 Å². The van der Waals surface area contributed by atoms with Crippen molar-refractivity contribution in [2.45, 2.75) is 24.7 Å². The number of hydrogen-bond acceptors (Lipinski definition) is 5. The van der Waals surface area contributed by atoms with Crippen LogP contribution < -0.4 is 4.90 Å². The molecule has 0 spiro atoms. The Bertz CT molecular complexity index is 1190. The van der Waals surface area contributed by atoms with Gasteiger partial charge in [-0.05, 0) is 55.2 Å². The molecule has 0 aromatic heterocycles. The normalized spacial score (nSPS) is 18.4. The third-order valence-electron chi connectivity index (χ3n) is 5.54. The zero-order valence-corrected chi connectivity index (χ0v) is 17.9. The predicted molar refractivity (Wildman–Crippen MR) is 115 cm³/mol. The molecular weight excluding hydrogens is 422 g/mol. The molecule has 6 nitrogen and oxygen atoms in total. The fourth-order valence-corrected chi connectivity index (χ4v) is 5.44. The molecule has 154 valence electrons. The van der Waals surface area contributed by atoms with Crippen LogP contribution in [0.25, 0.3) is 0 Å². The molecule has 0 bridgehead atoms. The van der Waals surface area contributed by atoms with Gasteiger partial charge in [0.2, 0.25) is 9.84 Å². The van der Waals surface area contributed by atoms with Gasteiger partial charge in [-0.15, -0.1) is 0 Å². The Labute approximate surface area is 180 Å². The minimum Gasteiger partial charge on any atom is -0.338 e. The summed E-state index contributed by atoms with van der Waals surface area (Å²) in [6.45, 7) is 3.19. The second kappa shape index (κ2) is 7.78. The molecule has 2 aromatic carbocycles. The Balaban J connectivity index is 1.85. The van der Waals surface area contributed by atoms with Crippen molar-refractivity contribution >= 4 is 38.7 Å². The lowest BCUT2D eigenvalue weighted by molar-refractivity contribution is -0.127. The highest BCUT2D eigenvalue weighted by Crippen LogP contribution is 2.41. The summed E-state index contributed by atoms with van der Waals surface area (Å²) >= 11 is 6.15. The Morgan fingerprint density at radius 1 is 1.17 bits per heavy atom. The zero-order chi connectivity index (χ0) is 21.5. The molecule has 0 N–H and O–H groups in total. The molecule has 0 atom stereocenters. The lowest BCUT2D eigenvalue weighted by Crippen LogP contribution is -2.41. The molecule has 0 aliphatic carbocycles. The van der Waals surface area contributed by atoms with Gasteiger partial charge in [0.15, 0.2) is 4.91 Å². The van der Waals surface area contributed by atoms with Crippen molar-refractivity contribution in [3.05, 3.63) is 64.2 Å². The standard InChI is InChI=1S/C22H20ClN3O3S/c1-15-7-9-25(10-8-15)22(27)21-14-26(18-4-2-3-16(11-18)13-24)19-12-17(23)5-6-20(19)30(21,28)29/h2-6,11-12,14-15H,7-10H2,1H3. The number of nitriles is 1. The minimum atomic E-state index is -4.01. The van der Waals surface area contributed by atoms with Gasteiger partial charge in [-0.1, -0.05) is 24.6 Å². The zero-order valence-electron chi connectivity index (χ0n) is 16.4. The summed E-state index contributed by atoms with van der Waals surface area (Å²) in [6, 6.07) is 13.3. The highest BCUT2D eigenvalue weighted by atomic mass is 35.5. The van der Waals surface area contributed by atoms with Gasteiger partial charge in [0, 0.05) is 30.0 Å². The van der Waals surface area contributed by atoms with Gasteiger partial charge in [0.1, 0.15) is 0 Å². The number of carbonyl (C=O) groups is 1. The molecule has 0 saturated carbocycles. The van der Waals surface area contributed by atoms with Crippen LogP contribution in [0.3, 0.4) is 0 Å². The van der Waals surface area contributed by atoms with Crippen LogP contribution in [-0.4, -0.2) is 32.3 Å². The molecule has 2 aliphatic heterocycles. The van der Waals surface area contributed by atoms with Crippen molar-refractivity contribution in [1.29, 1.82) is 5.26 Å². The number of carbonyl (C=O) groups excluding carboxylic acids is 1. The highest BCUT2D eigenvalue weighted by Gasteiger charge is 2.38. The van der Waals surface area contributed by atoms with Crippen LogP contribution in [0, 0.1) is 17.2 Å². The lowest BCUT2D eigenvalue weighted by Gasteiger charge is -2.33. The van der Waals surface area contributed by atoms with Crippen molar-refractivity contribution < 1.29 is 13.2 Å². The van der Waals surface area contributed by atoms with Crippen molar-refractivity contribution in [1.82, 2.24) is 4.90 Å². The van der Waals surface area contributed by atoms with Gasteiger partial charge in [0.25, 0.3) is 5.91 Å². The van der Waals surface area contributed by atoms with Crippen molar-refractivity contribution in [2.75, 3.05) is 18.0 Å². The minimum absolute atomic E-state index is 0.0190. The van der Waals surface area contributed by atoms with Gasteiger partial charge in [-0.3, -0.25) is 4.79 Å². The van der Waals surface area contributed by atoms with Gasteiger partial charge in [-0.2, -0.15) is 5.26 Å². The van der Waals surface area contributed by atoms with E-state index in [9.17, 15) is 18.5 Å². The molecule has 2 heterocycles.